The normalized spacial score (nSPS) is 16.0. The van der Waals surface area contributed by atoms with Crippen LogP contribution in [0.1, 0.15) is 18.4 Å². The third-order valence-corrected chi connectivity index (χ3v) is 5.89. The molecule has 0 radical (unpaired) electrons. The molecule has 3 rings (SSSR count). The van der Waals surface area contributed by atoms with Crippen LogP contribution >= 0.6 is 24.2 Å². The predicted molar refractivity (Wildman–Crippen MR) is 112 cm³/mol. The van der Waals surface area contributed by atoms with Gasteiger partial charge in [-0.2, -0.15) is 11.8 Å². The summed E-state index contributed by atoms with van der Waals surface area (Å²) >= 11 is 1.85. The molecule has 1 heterocycles. The van der Waals surface area contributed by atoms with Crippen molar-refractivity contribution in [3.8, 4) is 0 Å². The van der Waals surface area contributed by atoms with E-state index in [2.05, 4.69) is 53.1 Å². The van der Waals surface area contributed by atoms with Crippen molar-refractivity contribution >= 4 is 40.8 Å². The average Bonchev–Trinajstić information content (AvgIpc) is 2.68. The molecule has 0 atom stereocenters. The van der Waals surface area contributed by atoms with Crippen molar-refractivity contribution < 1.29 is 9.53 Å². The Morgan fingerprint density at radius 1 is 1.19 bits per heavy atom. The molecule has 1 amide bonds. The number of benzene rings is 2. The second-order valence-electron chi connectivity index (χ2n) is 6.40. The molecule has 4 nitrogen and oxygen atoms in total. The lowest BCUT2D eigenvalue weighted by Gasteiger charge is -2.34. The fourth-order valence-corrected chi connectivity index (χ4v) is 4.22. The molecule has 0 saturated carbocycles. The fraction of sp³-hybridized carbons (Fsp3) is 0.450. The van der Waals surface area contributed by atoms with Gasteiger partial charge in [0.25, 0.3) is 5.91 Å². The van der Waals surface area contributed by atoms with Crippen LogP contribution in [0, 0.1) is 0 Å². The van der Waals surface area contributed by atoms with Gasteiger partial charge in [-0.3, -0.25) is 4.79 Å². The van der Waals surface area contributed by atoms with Gasteiger partial charge in [0.15, 0.2) is 0 Å². The Hall–Kier alpha value is -1.27. The number of nitrogens with one attached hydrogen (secondary N) is 2. The maximum absolute atomic E-state index is 12.5. The van der Waals surface area contributed by atoms with Crippen LogP contribution < -0.4 is 10.6 Å². The second kappa shape index (κ2) is 10.2. The van der Waals surface area contributed by atoms with Crippen molar-refractivity contribution in [2.24, 2.45) is 0 Å². The molecule has 0 spiro atoms. The van der Waals surface area contributed by atoms with Crippen LogP contribution in [0.2, 0.25) is 0 Å². The molecule has 2 N–H and O–H groups in total. The summed E-state index contributed by atoms with van der Waals surface area (Å²) in [5.74, 6) is 1.88. The van der Waals surface area contributed by atoms with Crippen molar-refractivity contribution in [2.75, 3.05) is 32.5 Å². The van der Waals surface area contributed by atoms with E-state index in [-0.39, 0.29) is 18.3 Å². The first-order chi connectivity index (χ1) is 12.2. The first kappa shape index (κ1) is 21.0. The Bertz CT molecular complexity index is 715. The number of piperidine rings is 1. The van der Waals surface area contributed by atoms with E-state index in [4.69, 9.17) is 4.74 Å². The highest BCUT2D eigenvalue weighted by atomic mass is 35.5. The smallest absolute Gasteiger partial charge is 0.252 e. The number of methoxy groups -OCH3 is 1. The van der Waals surface area contributed by atoms with Gasteiger partial charge < -0.3 is 15.4 Å². The van der Waals surface area contributed by atoms with Crippen LogP contribution in [0.15, 0.2) is 42.5 Å². The van der Waals surface area contributed by atoms with E-state index < -0.39 is 5.60 Å². The number of thioether (sulfide) groups is 1. The molecule has 142 valence electrons. The number of amides is 1. The van der Waals surface area contributed by atoms with Gasteiger partial charge in [-0.05, 0) is 42.3 Å². The van der Waals surface area contributed by atoms with Gasteiger partial charge in [0, 0.05) is 25.2 Å². The summed E-state index contributed by atoms with van der Waals surface area (Å²) in [6, 6.07) is 14.9. The molecule has 0 bridgehead atoms. The highest BCUT2D eigenvalue weighted by Crippen LogP contribution is 2.24. The standard InChI is InChI=1S/C20H26N2O2S.ClH/c1-24-20(9-11-21-12-10-20)19(23)22-13-14-25-15-17-7-4-6-16-5-2-3-8-18(16)17;/h2-8,21H,9-15H2,1H3,(H,22,23);1H. The topological polar surface area (TPSA) is 50.4 Å². The van der Waals surface area contributed by atoms with Crippen LogP contribution in [0.3, 0.4) is 0 Å². The number of hydrogen-bond donors (Lipinski definition) is 2. The van der Waals surface area contributed by atoms with Crippen molar-refractivity contribution in [2.45, 2.75) is 24.2 Å². The first-order valence-corrected chi connectivity index (χ1v) is 9.99. The molecule has 0 aliphatic carbocycles. The van der Waals surface area contributed by atoms with Crippen LogP contribution in [-0.4, -0.2) is 44.0 Å². The largest absolute Gasteiger partial charge is 0.368 e. The summed E-state index contributed by atoms with van der Waals surface area (Å²) in [6.07, 6.45) is 1.47. The van der Waals surface area contributed by atoms with Gasteiger partial charge in [-0.15, -0.1) is 12.4 Å². The van der Waals surface area contributed by atoms with E-state index in [0.29, 0.717) is 6.54 Å². The monoisotopic (exact) mass is 394 g/mol. The quantitative estimate of drug-likeness (QED) is 0.707. The fourth-order valence-electron chi connectivity index (χ4n) is 3.35. The van der Waals surface area contributed by atoms with Gasteiger partial charge in [-0.1, -0.05) is 42.5 Å². The zero-order chi connectivity index (χ0) is 17.5. The van der Waals surface area contributed by atoms with E-state index in [1.54, 1.807) is 7.11 Å². The first-order valence-electron chi connectivity index (χ1n) is 8.84. The Morgan fingerprint density at radius 2 is 1.92 bits per heavy atom. The van der Waals surface area contributed by atoms with Gasteiger partial charge >= 0.3 is 0 Å². The zero-order valence-electron chi connectivity index (χ0n) is 15.1. The Labute approximate surface area is 165 Å². The number of carbonyl (C=O) groups excluding carboxylic acids is 1. The molecule has 1 saturated heterocycles. The minimum absolute atomic E-state index is 0. The average molecular weight is 395 g/mol. The summed E-state index contributed by atoms with van der Waals surface area (Å²) in [5.41, 5.74) is 0.701. The number of rotatable bonds is 7. The second-order valence-corrected chi connectivity index (χ2v) is 7.50. The SMILES string of the molecule is COC1(C(=O)NCCSCc2cccc3ccccc23)CCNCC1.Cl. The number of carbonyl (C=O) groups is 1. The van der Waals surface area contributed by atoms with Crippen molar-refractivity contribution in [3.05, 3.63) is 48.0 Å². The number of fused-ring (bicyclic) bond motifs is 1. The number of ether oxygens (including phenoxy) is 1. The van der Waals surface area contributed by atoms with Crippen molar-refractivity contribution in [1.29, 1.82) is 0 Å². The zero-order valence-corrected chi connectivity index (χ0v) is 16.8. The molecular formula is C20H27ClN2O2S. The Morgan fingerprint density at radius 3 is 2.69 bits per heavy atom. The Kier molecular flexibility index (Phi) is 8.22. The lowest BCUT2D eigenvalue weighted by Crippen LogP contribution is -2.54. The van der Waals surface area contributed by atoms with E-state index in [1.807, 2.05) is 11.8 Å². The summed E-state index contributed by atoms with van der Waals surface area (Å²) in [7, 11) is 1.64. The third kappa shape index (κ3) is 4.92. The third-order valence-electron chi connectivity index (χ3n) is 4.89. The molecular weight excluding hydrogens is 368 g/mol. The Balaban J connectivity index is 0.00000243. The minimum Gasteiger partial charge on any atom is -0.368 e. The molecule has 1 aliphatic rings. The van der Waals surface area contributed by atoms with E-state index in [0.717, 1.165) is 37.4 Å². The summed E-state index contributed by atoms with van der Waals surface area (Å²) in [6.45, 7) is 2.33. The highest BCUT2D eigenvalue weighted by molar-refractivity contribution is 7.98. The molecule has 0 unspecified atom stereocenters. The van der Waals surface area contributed by atoms with E-state index in [9.17, 15) is 4.79 Å². The lowest BCUT2D eigenvalue weighted by atomic mass is 9.91. The molecule has 1 aliphatic heterocycles. The van der Waals surface area contributed by atoms with Crippen LogP contribution in [0.25, 0.3) is 10.8 Å². The summed E-state index contributed by atoms with van der Waals surface area (Å²) < 4.78 is 5.56. The van der Waals surface area contributed by atoms with Crippen LogP contribution in [0.4, 0.5) is 0 Å². The summed E-state index contributed by atoms with van der Waals surface area (Å²) in [4.78, 5) is 12.5. The van der Waals surface area contributed by atoms with Crippen LogP contribution in [0.5, 0.6) is 0 Å². The van der Waals surface area contributed by atoms with Gasteiger partial charge in [0.05, 0.1) is 0 Å². The predicted octanol–water partition coefficient (Wildman–Crippen LogP) is 3.38. The maximum Gasteiger partial charge on any atom is 0.252 e. The number of hydrogen-bond acceptors (Lipinski definition) is 4. The van der Waals surface area contributed by atoms with Crippen LogP contribution in [-0.2, 0) is 15.3 Å². The molecule has 2 aromatic carbocycles. The van der Waals surface area contributed by atoms with Gasteiger partial charge in [0.1, 0.15) is 5.60 Å². The number of halogens is 1. The minimum atomic E-state index is -0.647. The van der Waals surface area contributed by atoms with E-state index in [1.165, 1.54) is 16.3 Å². The lowest BCUT2D eigenvalue weighted by molar-refractivity contribution is -0.146. The van der Waals surface area contributed by atoms with Crippen molar-refractivity contribution in [3.63, 3.8) is 0 Å². The van der Waals surface area contributed by atoms with E-state index >= 15 is 0 Å². The van der Waals surface area contributed by atoms with Crippen molar-refractivity contribution in [1.82, 2.24) is 10.6 Å². The molecule has 6 heteroatoms. The van der Waals surface area contributed by atoms with Gasteiger partial charge in [-0.25, -0.2) is 0 Å². The maximum atomic E-state index is 12.5. The highest BCUT2D eigenvalue weighted by Gasteiger charge is 2.39. The van der Waals surface area contributed by atoms with Gasteiger partial charge in [0.2, 0.25) is 0 Å². The summed E-state index contributed by atoms with van der Waals surface area (Å²) in [5, 5.41) is 8.92. The molecule has 1 fully saturated rings. The molecule has 2 aromatic rings. The molecule has 26 heavy (non-hydrogen) atoms. The molecule has 0 aromatic heterocycles.